The zero-order valence-electron chi connectivity index (χ0n) is 9.83. The van der Waals surface area contributed by atoms with E-state index in [4.69, 9.17) is 4.74 Å². The van der Waals surface area contributed by atoms with Crippen LogP contribution in [0.1, 0.15) is 40.5 Å². The summed E-state index contributed by atoms with van der Waals surface area (Å²) in [5, 5.41) is 0. The zero-order chi connectivity index (χ0) is 10.9. The van der Waals surface area contributed by atoms with Crippen molar-refractivity contribution in [3.05, 3.63) is 0 Å². The van der Waals surface area contributed by atoms with Crippen LogP contribution in [0.15, 0.2) is 0 Å². The summed E-state index contributed by atoms with van der Waals surface area (Å²) < 4.78 is 5.29. The summed E-state index contributed by atoms with van der Waals surface area (Å²) in [6.45, 7) is 7.75. The average Bonchev–Trinajstić information content (AvgIpc) is 2.80. The normalized spacial score (nSPS) is 18.9. The van der Waals surface area contributed by atoms with Gasteiger partial charge in [0.25, 0.3) is 0 Å². The molecule has 1 rings (SSSR count). The smallest absolute Gasteiger partial charge is 0.410 e. The van der Waals surface area contributed by atoms with Crippen LogP contribution in [0.25, 0.3) is 0 Å². The lowest BCUT2D eigenvalue weighted by Gasteiger charge is -2.28. The Balaban J connectivity index is 2.43. The molecule has 3 heteroatoms. The van der Waals surface area contributed by atoms with E-state index in [0.29, 0.717) is 12.0 Å². The van der Waals surface area contributed by atoms with Gasteiger partial charge in [-0.2, -0.15) is 0 Å². The molecule has 1 saturated carbocycles. The maximum absolute atomic E-state index is 11.6. The molecule has 1 aliphatic carbocycles. The van der Waals surface area contributed by atoms with E-state index in [1.807, 2.05) is 27.8 Å². The third kappa shape index (κ3) is 3.20. The first kappa shape index (κ1) is 11.3. The molecule has 0 N–H and O–H groups in total. The molecule has 1 aliphatic rings. The van der Waals surface area contributed by atoms with Crippen molar-refractivity contribution in [2.24, 2.45) is 5.92 Å². The molecule has 0 aromatic carbocycles. The Morgan fingerprint density at radius 3 is 2.29 bits per heavy atom. The van der Waals surface area contributed by atoms with Crippen molar-refractivity contribution in [2.75, 3.05) is 7.05 Å². The van der Waals surface area contributed by atoms with Gasteiger partial charge in [0.1, 0.15) is 5.60 Å². The number of hydrogen-bond acceptors (Lipinski definition) is 2. The van der Waals surface area contributed by atoms with Gasteiger partial charge in [0.05, 0.1) is 0 Å². The summed E-state index contributed by atoms with van der Waals surface area (Å²) in [7, 11) is 1.82. The Morgan fingerprint density at radius 2 is 1.93 bits per heavy atom. The second-order valence-electron chi connectivity index (χ2n) is 5.17. The number of carbonyl (C=O) groups excluding carboxylic acids is 1. The van der Waals surface area contributed by atoms with Gasteiger partial charge in [0.2, 0.25) is 0 Å². The lowest BCUT2D eigenvalue weighted by atomic mass is 10.2. The maximum Gasteiger partial charge on any atom is 0.410 e. The molecule has 0 radical (unpaired) electrons. The Morgan fingerprint density at radius 1 is 1.43 bits per heavy atom. The van der Waals surface area contributed by atoms with E-state index in [2.05, 4.69) is 6.92 Å². The minimum absolute atomic E-state index is 0.211. The topological polar surface area (TPSA) is 29.5 Å². The first-order valence-electron chi connectivity index (χ1n) is 5.27. The van der Waals surface area contributed by atoms with E-state index in [0.717, 1.165) is 0 Å². The molecule has 0 bridgehead atoms. The Labute approximate surface area is 86.4 Å². The summed E-state index contributed by atoms with van der Waals surface area (Å²) in [4.78, 5) is 13.3. The fourth-order valence-corrected chi connectivity index (χ4v) is 1.40. The Kier molecular flexibility index (Phi) is 3.07. The number of hydrogen-bond donors (Lipinski definition) is 0. The molecule has 1 fully saturated rings. The Hall–Kier alpha value is -0.730. The third-order valence-corrected chi connectivity index (χ3v) is 2.60. The van der Waals surface area contributed by atoms with Crippen LogP contribution in [0, 0.1) is 5.92 Å². The number of rotatable bonds is 2. The second kappa shape index (κ2) is 3.79. The van der Waals surface area contributed by atoms with Crippen LogP contribution < -0.4 is 0 Å². The first-order valence-corrected chi connectivity index (χ1v) is 5.27. The molecule has 14 heavy (non-hydrogen) atoms. The van der Waals surface area contributed by atoms with Gasteiger partial charge in [-0.3, -0.25) is 0 Å². The monoisotopic (exact) mass is 199 g/mol. The minimum atomic E-state index is -0.394. The van der Waals surface area contributed by atoms with E-state index in [-0.39, 0.29) is 6.09 Å². The number of amides is 1. The van der Waals surface area contributed by atoms with Gasteiger partial charge in [0.15, 0.2) is 0 Å². The van der Waals surface area contributed by atoms with E-state index in [1.54, 1.807) is 4.90 Å². The molecule has 3 nitrogen and oxygen atoms in total. The zero-order valence-corrected chi connectivity index (χ0v) is 9.83. The highest BCUT2D eigenvalue weighted by Crippen LogP contribution is 2.34. The average molecular weight is 199 g/mol. The summed E-state index contributed by atoms with van der Waals surface area (Å²) in [5.74, 6) is 0.688. The van der Waals surface area contributed by atoms with Gasteiger partial charge >= 0.3 is 6.09 Å². The van der Waals surface area contributed by atoms with Gasteiger partial charge in [-0.25, -0.2) is 4.79 Å². The highest BCUT2D eigenvalue weighted by Gasteiger charge is 2.33. The SMILES string of the molecule is CC(C1CC1)N(C)C(=O)OC(C)(C)C. The molecule has 0 aromatic heterocycles. The number of carbonyl (C=O) groups is 1. The standard InChI is InChI=1S/C11H21NO2/c1-8(9-6-7-9)12(5)10(13)14-11(2,3)4/h8-9H,6-7H2,1-5H3. The summed E-state index contributed by atoms with van der Waals surface area (Å²) in [6, 6.07) is 0.310. The van der Waals surface area contributed by atoms with Crippen LogP contribution in [-0.4, -0.2) is 29.7 Å². The van der Waals surface area contributed by atoms with Crippen LogP contribution >= 0.6 is 0 Å². The summed E-state index contributed by atoms with van der Waals surface area (Å²) >= 11 is 0. The van der Waals surface area contributed by atoms with Crippen LogP contribution in [0.3, 0.4) is 0 Å². The van der Waals surface area contributed by atoms with Gasteiger partial charge in [0, 0.05) is 13.1 Å². The molecular weight excluding hydrogens is 178 g/mol. The van der Waals surface area contributed by atoms with Gasteiger partial charge in [-0.05, 0) is 46.5 Å². The number of ether oxygens (including phenoxy) is 1. The van der Waals surface area contributed by atoms with E-state index < -0.39 is 5.60 Å². The predicted octanol–water partition coefficient (Wildman–Crippen LogP) is 2.65. The molecule has 0 aromatic rings. The summed E-state index contributed by atoms with van der Waals surface area (Å²) in [5.41, 5.74) is -0.394. The highest BCUT2D eigenvalue weighted by atomic mass is 16.6. The minimum Gasteiger partial charge on any atom is -0.444 e. The van der Waals surface area contributed by atoms with Crippen molar-refractivity contribution in [3.63, 3.8) is 0 Å². The van der Waals surface area contributed by atoms with E-state index in [9.17, 15) is 4.79 Å². The maximum atomic E-state index is 11.6. The largest absolute Gasteiger partial charge is 0.444 e. The van der Waals surface area contributed by atoms with Gasteiger partial charge in [-0.1, -0.05) is 0 Å². The lowest BCUT2D eigenvalue weighted by molar-refractivity contribution is 0.0218. The summed E-state index contributed by atoms with van der Waals surface area (Å²) in [6.07, 6.45) is 2.28. The van der Waals surface area contributed by atoms with Crippen molar-refractivity contribution < 1.29 is 9.53 Å². The van der Waals surface area contributed by atoms with Crippen molar-refractivity contribution in [1.29, 1.82) is 0 Å². The fourth-order valence-electron chi connectivity index (χ4n) is 1.40. The van der Waals surface area contributed by atoms with Crippen LogP contribution in [0.4, 0.5) is 4.79 Å². The van der Waals surface area contributed by atoms with Crippen LogP contribution in [0.5, 0.6) is 0 Å². The quantitative estimate of drug-likeness (QED) is 0.684. The second-order valence-corrected chi connectivity index (χ2v) is 5.17. The van der Waals surface area contributed by atoms with Crippen molar-refractivity contribution in [2.45, 2.75) is 52.2 Å². The molecule has 0 aliphatic heterocycles. The van der Waals surface area contributed by atoms with E-state index in [1.165, 1.54) is 12.8 Å². The van der Waals surface area contributed by atoms with Crippen molar-refractivity contribution in [3.8, 4) is 0 Å². The van der Waals surface area contributed by atoms with Gasteiger partial charge in [-0.15, -0.1) is 0 Å². The predicted molar refractivity (Wildman–Crippen MR) is 56.2 cm³/mol. The molecule has 82 valence electrons. The van der Waals surface area contributed by atoms with Crippen molar-refractivity contribution >= 4 is 6.09 Å². The number of nitrogens with zero attached hydrogens (tertiary/aromatic N) is 1. The van der Waals surface area contributed by atoms with Crippen LogP contribution in [0.2, 0.25) is 0 Å². The van der Waals surface area contributed by atoms with E-state index >= 15 is 0 Å². The molecule has 1 amide bonds. The van der Waals surface area contributed by atoms with Crippen molar-refractivity contribution in [1.82, 2.24) is 4.90 Å². The first-order chi connectivity index (χ1) is 6.31. The fraction of sp³-hybridized carbons (Fsp3) is 0.909. The molecule has 1 unspecified atom stereocenters. The third-order valence-electron chi connectivity index (χ3n) is 2.60. The van der Waals surface area contributed by atoms with Gasteiger partial charge < -0.3 is 9.64 Å². The Bertz CT molecular complexity index is 216. The molecule has 0 saturated heterocycles. The molecule has 0 spiro atoms. The van der Waals surface area contributed by atoms with Crippen LogP contribution in [-0.2, 0) is 4.74 Å². The molecule has 1 atom stereocenters. The highest BCUT2D eigenvalue weighted by molar-refractivity contribution is 5.68. The molecule has 0 heterocycles. The lowest BCUT2D eigenvalue weighted by Crippen LogP contribution is -2.40. The molecular formula is C11H21NO2.